The predicted molar refractivity (Wildman–Crippen MR) is 147 cm³/mol. The van der Waals surface area contributed by atoms with Gasteiger partial charge in [0.25, 0.3) is 0 Å². The van der Waals surface area contributed by atoms with Crippen molar-refractivity contribution in [2.45, 2.75) is 65.0 Å². The minimum atomic E-state index is -3.55. The molecule has 1 unspecified atom stereocenters. The Hall–Kier alpha value is -2.58. The third-order valence-corrected chi connectivity index (χ3v) is 7.08. The molecule has 0 saturated heterocycles. The topological polar surface area (TPSA) is 86.8 Å². The molecule has 0 heterocycles. The summed E-state index contributed by atoms with van der Waals surface area (Å²) in [6, 6.07) is 15.8. The summed E-state index contributed by atoms with van der Waals surface area (Å²) >= 11 is 5.94. The van der Waals surface area contributed by atoms with Gasteiger partial charge in [0, 0.05) is 30.1 Å². The maximum absolute atomic E-state index is 13.4. The maximum Gasteiger partial charge on any atom is 0.243 e. The second-order valence-electron chi connectivity index (χ2n) is 9.90. The highest BCUT2D eigenvalue weighted by Crippen LogP contribution is 2.21. The summed E-state index contributed by atoms with van der Waals surface area (Å²) in [6.07, 6.45) is 2.66. The van der Waals surface area contributed by atoms with Crippen LogP contribution in [0.2, 0.25) is 5.02 Å². The molecule has 0 aliphatic rings. The van der Waals surface area contributed by atoms with Crippen LogP contribution in [0.25, 0.3) is 0 Å². The summed E-state index contributed by atoms with van der Waals surface area (Å²) in [4.78, 5) is 28.1. The van der Waals surface area contributed by atoms with Crippen molar-refractivity contribution in [2.75, 3.05) is 23.7 Å². The largest absolute Gasteiger partial charge is 0.350 e. The van der Waals surface area contributed by atoms with Crippen LogP contribution in [-0.4, -0.2) is 56.1 Å². The number of carbonyl (C=O) groups is 2. The van der Waals surface area contributed by atoms with Gasteiger partial charge in [0.1, 0.15) is 6.04 Å². The van der Waals surface area contributed by atoms with Gasteiger partial charge in [-0.2, -0.15) is 0 Å². The van der Waals surface area contributed by atoms with Gasteiger partial charge in [-0.1, -0.05) is 48.9 Å². The lowest BCUT2D eigenvalue weighted by atomic mass is 10.0. The fourth-order valence-corrected chi connectivity index (χ4v) is 5.05. The molecule has 0 aliphatic carbocycles. The average Bonchev–Trinajstić information content (AvgIpc) is 2.78. The Morgan fingerprint density at radius 2 is 1.61 bits per heavy atom. The molecule has 0 spiro atoms. The molecule has 7 nitrogen and oxygen atoms in total. The normalized spacial score (nSPS) is 12.6. The summed E-state index contributed by atoms with van der Waals surface area (Å²) in [5.74, 6) is -0.364. The van der Waals surface area contributed by atoms with Crippen LogP contribution in [-0.2, 0) is 26.0 Å². The monoisotopic (exact) mass is 535 g/mol. The van der Waals surface area contributed by atoms with E-state index in [0.717, 1.165) is 11.8 Å². The number of benzene rings is 2. The van der Waals surface area contributed by atoms with E-state index in [1.54, 1.807) is 29.2 Å². The van der Waals surface area contributed by atoms with E-state index >= 15 is 0 Å². The molecule has 0 fully saturated rings. The number of sulfonamides is 1. The third-order valence-electron chi connectivity index (χ3n) is 5.64. The van der Waals surface area contributed by atoms with E-state index in [4.69, 9.17) is 11.6 Å². The van der Waals surface area contributed by atoms with E-state index in [1.165, 1.54) is 4.31 Å². The van der Waals surface area contributed by atoms with Crippen LogP contribution in [0.15, 0.2) is 54.6 Å². The summed E-state index contributed by atoms with van der Waals surface area (Å²) in [6.45, 7) is 8.15. The van der Waals surface area contributed by atoms with Gasteiger partial charge in [-0.05, 0) is 69.9 Å². The SMILES string of the molecule is CCC(C(=O)NC(C)(C)C)N(CCc1ccccc1)C(=O)CCCN(c1ccc(Cl)cc1)S(C)(=O)=O. The quantitative estimate of drug-likeness (QED) is 0.428. The smallest absolute Gasteiger partial charge is 0.243 e. The fourth-order valence-electron chi connectivity index (χ4n) is 3.96. The van der Waals surface area contributed by atoms with Gasteiger partial charge in [0.2, 0.25) is 21.8 Å². The van der Waals surface area contributed by atoms with Crippen LogP contribution >= 0.6 is 11.6 Å². The summed E-state index contributed by atoms with van der Waals surface area (Å²) in [5.41, 5.74) is 1.14. The fraction of sp³-hybridized carbons (Fsp3) is 0.481. The van der Waals surface area contributed by atoms with E-state index in [-0.39, 0.29) is 24.8 Å². The molecule has 0 saturated carbocycles. The minimum Gasteiger partial charge on any atom is -0.350 e. The number of nitrogens with zero attached hydrogens (tertiary/aromatic N) is 2. The van der Waals surface area contributed by atoms with Gasteiger partial charge < -0.3 is 10.2 Å². The zero-order valence-electron chi connectivity index (χ0n) is 21.8. The van der Waals surface area contributed by atoms with Crippen molar-refractivity contribution in [1.29, 1.82) is 0 Å². The third kappa shape index (κ3) is 9.47. The molecule has 2 aromatic rings. The molecule has 1 atom stereocenters. The summed E-state index contributed by atoms with van der Waals surface area (Å²) in [5, 5.41) is 3.50. The van der Waals surface area contributed by atoms with Crippen molar-refractivity contribution in [3.8, 4) is 0 Å². The van der Waals surface area contributed by atoms with Crippen LogP contribution < -0.4 is 9.62 Å². The Balaban J connectivity index is 2.17. The molecule has 1 N–H and O–H groups in total. The Labute approximate surface area is 220 Å². The number of anilines is 1. The Morgan fingerprint density at radius 3 is 2.14 bits per heavy atom. The van der Waals surface area contributed by atoms with E-state index < -0.39 is 21.6 Å². The molecule has 0 aliphatic heterocycles. The van der Waals surface area contributed by atoms with E-state index in [2.05, 4.69) is 5.32 Å². The maximum atomic E-state index is 13.4. The van der Waals surface area contributed by atoms with Gasteiger partial charge in [-0.3, -0.25) is 13.9 Å². The number of hydrogen-bond acceptors (Lipinski definition) is 4. The van der Waals surface area contributed by atoms with Crippen molar-refractivity contribution in [2.24, 2.45) is 0 Å². The molecular formula is C27H38ClN3O4S. The Bertz CT molecular complexity index is 1100. The summed E-state index contributed by atoms with van der Waals surface area (Å²) < 4.78 is 26.1. The van der Waals surface area contributed by atoms with Crippen molar-refractivity contribution < 1.29 is 18.0 Å². The number of amides is 2. The van der Waals surface area contributed by atoms with E-state index in [9.17, 15) is 18.0 Å². The number of rotatable bonds is 12. The van der Waals surface area contributed by atoms with Crippen molar-refractivity contribution in [3.63, 3.8) is 0 Å². The van der Waals surface area contributed by atoms with Crippen LogP contribution in [0, 0.1) is 0 Å². The number of halogens is 1. The first-order valence-electron chi connectivity index (χ1n) is 12.2. The molecule has 0 radical (unpaired) electrons. The van der Waals surface area contributed by atoms with Crippen molar-refractivity contribution >= 4 is 39.1 Å². The Morgan fingerprint density at radius 1 is 1.00 bits per heavy atom. The zero-order chi connectivity index (χ0) is 26.9. The van der Waals surface area contributed by atoms with Gasteiger partial charge >= 0.3 is 0 Å². The van der Waals surface area contributed by atoms with Gasteiger partial charge in [0.05, 0.1) is 11.9 Å². The molecule has 0 bridgehead atoms. The molecular weight excluding hydrogens is 498 g/mol. The first-order chi connectivity index (χ1) is 16.8. The van der Waals surface area contributed by atoms with Crippen LogP contribution in [0.1, 0.15) is 52.5 Å². The zero-order valence-corrected chi connectivity index (χ0v) is 23.4. The lowest BCUT2D eigenvalue weighted by molar-refractivity contribution is -0.141. The number of nitrogens with one attached hydrogen (secondary N) is 1. The highest BCUT2D eigenvalue weighted by atomic mass is 35.5. The van der Waals surface area contributed by atoms with Crippen molar-refractivity contribution in [1.82, 2.24) is 10.2 Å². The predicted octanol–water partition coefficient (Wildman–Crippen LogP) is 4.65. The first-order valence-corrected chi connectivity index (χ1v) is 14.4. The average molecular weight is 536 g/mol. The molecule has 198 valence electrons. The van der Waals surface area contributed by atoms with Crippen LogP contribution in [0.5, 0.6) is 0 Å². The van der Waals surface area contributed by atoms with Gasteiger partial charge in [-0.15, -0.1) is 0 Å². The number of carbonyl (C=O) groups excluding carboxylic acids is 2. The van der Waals surface area contributed by atoms with E-state index in [0.29, 0.717) is 36.5 Å². The summed E-state index contributed by atoms with van der Waals surface area (Å²) in [7, 11) is -3.55. The lowest BCUT2D eigenvalue weighted by Crippen LogP contribution is -2.54. The second-order valence-corrected chi connectivity index (χ2v) is 12.2. The first kappa shape index (κ1) is 29.6. The molecule has 36 heavy (non-hydrogen) atoms. The van der Waals surface area contributed by atoms with Crippen molar-refractivity contribution in [3.05, 3.63) is 65.2 Å². The second kappa shape index (κ2) is 13.1. The van der Waals surface area contributed by atoms with Crippen LogP contribution in [0.4, 0.5) is 5.69 Å². The standard InChI is InChI=1S/C27H38ClN3O4S/c1-6-24(26(33)29-27(2,3)4)30(20-18-21-11-8-7-9-12-21)25(32)13-10-19-31(36(5,34)35)23-16-14-22(28)15-17-23/h7-9,11-12,14-17,24H,6,10,13,18-20H2,1-5H3,(H,29,33). The molecule has 2 rings (SSSR count). The molecule has 2 amide bonds. The highest BCUT2D eigenvalue weighted by molar-refractivity contribution is 7.92. The molecule has 0 aromatic heterocycles. The van der Waals surface area contributed by atoms with E-state index in [1.807, 2.05) is 58.0 Å². The minimum absolute atomic E-state index is 0.119. The molecule has 2 aromatic carbocycles. The van der Waals surface area contributed by atoms with Gasteiger partial charge in [-0.25, -0.2) is 8.42 Å². The lowest BCUT2D eigenvalue weighted by Gasteiger charge is -2.33. The number of hydrogen-bond donors (Lipinski definition) is 1. The Kier molecular flexibility index (Phi) is 10.8. The highest BCUT2D eigenvalue weighted by Gasteiger charge is 2.30. The molecule has 9 heteroatoms. The van der Waals surface area contributed by atoms with Gasteiger partial charge in [0.15, 0.2) is 0 Å². The van der Waals surface area contributed by atoms with Crippen LogP contribution in [0.3, 0.4) is 0 Å².